The first-order valence-corrected chi connectivity index (χ1v) is 15.2. The summed E-state index contributed by atoms with van der Waals surface area (Å²) >= 11 is 0. The molecule has 3 heterocycles. The zero-order chi connectivity index (χ0) is 33.0. The molecule has 1 atom stereocenters. The summed E-state index contributed by atoms with van der Waals surface area (Å²) < 4.78 is 14.6. The third-order valence-electron chi connectivity index (χ3n) is 7.93. The molecule has 1 aliphatic rings. The van der Waals surface area contributed by atoms with Crippen molar-refractivity contribution >= 4 is 28.6 Å². The molecule has 0 saturated carbocycles. The van der Waals surface area contributed by atoms with E-state index in [0.29, 0.717) is 47.2 Å². The molecule has 0 aliphatic carbocycles. The maximum Gasteiger partial charge on any atom is 0.263 e. The molecule has 242 valence electrons. The normalized spacial score (nSPS) is 16.6. The van der Waals surface area contributed by atoms with Crippen molar-refractivity contribution in [2.24, 2.45) is 13.0 Å². The summed E-state index contributed by atoms with van der Waals surface area (Å²) in [7, 11) is 3.14. The standard InChI is InChI=1S/C33H39N7O6/c1-20(2)29-30-35-21(3)37-40(30)15-16-46-27-18-23(11-12-26(27)45-5)31(42)34-13-8-14-39(19-28(41)36-29)33(44)24-17-22-9-6-7-10-25(22)38(4)32(24)43/h6-7,9-12,17-18,20,29H,8,13-16,19H2,1-5H3,(H,34,42)(H,36,41)/t29-/m0/s1. The summed E-state index contributed by atoms with van der Waals surface area (Å²) in [6.07, 6.45) is 0.333. The second-order valence-electron chi connectivity index (χ2n) is 11.6. The lowest BCUT2D eigenvalue weighted by Crippen LogP contribution is -2.45. The van der Waals surface area contributed by atoms with Crippen molar-refractivity contribution in [1.29, 1.82) is 0 Å². The van der Waals surface area contributed by atoms with Gasteiger partial charge < -0.3 is 29.6 Å². The van der Waals surface area contributed by atoms with Gasteiger partial charge in [0.05, 0.1) is 31.8 Å². The molecule has 4 aromatic rings. The Bertz CT molecular complexity index is 1830. The van der Waals surface area contributed by atoms with Crippen molar-refractivity contribution in [3.05, 3.63) is 81.7 Å². The van der Waals surface area contributed by atoms with Gasteiger partial charge in [-0.25, -0.2) is 9.67 Å². The number of carbonyl (C=O) groups is 3. The van der Waals surface area contributed by atoms with Crippen molar-refractivity contribution in [2.45, 2.75) is 39.8 Å². The molecule has 1 aliphatic heterocycles. The summed E-state index contributed by atoms with van der Waals surface area (Å²) in [4.78, 5) is 59.8. The van der Waals surface area contributed by atoms with Crippen LogP contribution in [0.1, 0.15) is 58.7 Å². The lowest BCUT2D eigenvalue weighted by molar-refractivity contribution is -0.123. The molecule has 2 aromatic carbocycles. The van der Waals surface area contributed by atoms with Crippen molar-refractivity contribution in [2.75, 3.05) is 33.4 Å². The minimum Gasteiger partial charge on any atom is -0.493 e. The number of benzene rings is 2. The molecule has 13 heteroatoms. The van der Waals surface area contributed by atoms with E-state index in [1.807, 2.05) is 38.1 Å². The van der Waals surface area contributed by atoms with E-state index in [1.54, 1.807) is 42.9 Å². The Kier molecular flexibility index (Phi) is 9.69. The number of hydrogen-bond acceptors (Lipinski definition) is 8. The Morgan fingerprint density at radius 1 is 1.09 bits per heavy atom. The van der Waals surface area contributed by atoms with Crippen LogP contribution >= 0.6 is 0 Å². The highest BCUT2D eigenvalue weighted by Gasteiger charge is 2.28. The van der Waals surface area contributed by atoms with Gasteiger partial charge in [0, 0.05) is 25.7 Å². The van der Waals surface area contributed by atoms with Crippen LogP contribution in [0.3, 0.4) is 0 Å². The number of pyridine rings is 1. The highest BCUT2D eigenvalue weighted by atomic mass is 16.5. The zero-order valence-electron chi connectivity index (χ0n) is 26.7. The fourth-order valence-corrected chi connectivity index (χ4v) is 5.53. The Labute approximate surface area is 266 Å². The first kappa shape index (κ1) is 32.2. The summed E-state index contributed by atoms with van der Waals surface area (Å²) in [5.74, 6) is 0.563. The first-order valence-electron chi connectivity index (χ1n) is 15.2. The lowest BCUT2D eigenvalue weighted by atomic mass is 10.0. The van der Waals surface area contributed by atoms with Gasteiger partial charge in [0.25, 0.3) is 17.4 Å². The van der Waals surface area contributed by atoms with Gasteiger partial charge in [0.1, 0.15) is 23.8 Å². The van der Waals surface area contributed by atoms with E-state index >= 15 is 0 Å². The third-order valence-corrected chi connectivity index (χ3v) is 7.93. The summed E-state index contributed by atoms with van der Waals surface area (Å²) in [6, 6.07) is 13.3. The van der Waals surface area contributed by atoms with Gasteiger partial charge in [-0.1, -0.05) is 32.0 Å². The molecule has 3 amide bonds. The van der Waals surface area contributed by atoms with Gasteiger partial charge in [0.15, 0.2) is 11.5 Å². The van der Waals surface area contributed by atoms with Gasteiger partial charge in [-0.3, -0.25) is 19.2 Å². The SMILES string of the molecule is COc1ccc2cc1OCCn1nc(C)nc1[C@H](C(C)C)NC(=O)CN(C(=O)c1cc3ccccc3n(C)c1=O)CCCNC2=O. The Hall–Kier alpha value is -5.20. The number of amides is 3. The first-order chi connectivity index (χ1) is 22.1. The molecule has 0 fully saturated rings. The van der Waals surface area contributed by atoms with Gasteiger partial charge in [-0.2, -0.15) is 5.10 Å². The van der Waals surface area contributed by atoms with Crippen LogP contribution < -0.4 is 25.7 Å². The third kappa shape index (κ3) is 6.87. The molecule has 2 N–H and O–H groups in total. The predicted octanol–water partition coefficient (Wildman–Crippen LogP) is 2.62. The highest BCUT2D eigenvalue weighted by Crippen LogP contribution is 2.28. The second kappa shape index (κ2) is 13.8. The minimum absolute atomic E-state index is 0.0401. The number of nitrogens with one attached hydrogen (secondary N) is 2. The van der Waals surface area contributed by atoms with E-state index in [1.165, 1.54) is 16.6 Å². The second-order valence-corrected chi connectivity index (χ2v) is 11.6. The van der Waals surface area contributed by atoms with Crippen molar-refractivity contribution in [3.8, 4) is 11.5 Å². The van der Waals surface area contributed by atoms with Gasteiger partial charge in [-0.15, -0.1) is 0 Å². The molecular formula is C33H39N7O6. The van der Waals surface area contributed by atoms with E-state index in [0.717, 1.165) is 5.39 Å². The highest BCUT2D eigenvalue weighted by molar-refractivity contribution is 5.99. The average Bonchev–Trinajstić information content (AvgIpc) is 3.41. The predicted molar refractivity (Wildman–Crippen MR) is 171 cm³/mol. The number of carbonyl (C=O) groups excluding carboxylic acids is 3. The smallest absolute Gasteiger partial charge is 0.263 e. The van der Waals surface area contributed by atoms with Crippen LogP contribution in [0.15, 0.2) is 53.3 Å². The minimum atomic E-state index is -0.570. The number of hydrogen-bond donors (Lipinski definition) is 2. The van der Waals surface area contributed by atoms with Crippen molar-refractivity contribution < 1.29 is 23.9 Å². The summed E-state index contributed by atoms with van der Waals surface area (Å²) in [5.41, 5.74) is 0.566. The summed E-state index contributed by atoms with van der Waals surface area (Å²) in [5, 5.41) is 11.2. The van der Waals surface area contributed by atoms with Crippen LogP contribution in [0.4, 0.5) is 0 Å². The molecule has 5 rings (SSSR count). The molecule has 0 radical (unpaired) electrons. The zero-order valence-corrected chi connectivity index (χ0v) is 26.7. The number of rotatable bonds is 3. The number of methoxy groups -OCH3 is 1. The average molecular weight is 630 g/mol. The molecule has 2 aromatic heterocycles. The quantitative estimate of drug-likeness (QED) is 0.351. The van der Waals surface area contributed by atoms with E-state index in [9.17, 15) is 19.2 Å². The topological polar surface area (TPSA) is 150 Å². The number of ether oxygens (including phenoxy) is 2. The Balaban J connectivity index is 1.50. The monoisotopic (exact) mass is 629 g/mol. The lowest BCUT2D eigenvalue weighted by Gasteiger charge is -2.26. The van der Waals surface area contributed by atoms with E-state index < -0.39 is 23.4 Å². The molecule has 13 nitrogen and oxygen atoms in total. The van der Waals surface area contributed by atoms with Crippen LogP contribution in [0, 0.1) is 12.8 Å². The summed E-state index contributed by atoms with van der Waals surface area (Å²) in [6.45, 7) is 6.23. The number of para-hydroxylation sites is 1. The number of nitrogens with zero attached hydrogens (tertiary/aromatic N) is 5. The number of fused-ring (bicyclic) bond motifs is 4. The van der Waals surface area contributed by atoms with Crippen molar-refractivity contribution in [1.82, 2.24) is 34.9 Å². The van der Waals surface area contributed by atoms with Crippen LogP contribution in [0.25, 0.3) is 10.9 Å². The van der Waals surface area contributed by atoms with E-state index in [-0.39, 0.29) is 43.6 Å². The molecule has 46 heavy (non-hydrogen) atoms. The van der Waals surface area contributed by atoms with Gasteiger partial charge >= 0.3 is 0 Å². The molecule has 2 bridgehead atoms. The fourth-order valence-electron chi connectivity index (χ4n) is 5.53. The van der Waals surface area contributed by atoms with Crippen LogP contribution in [0.2, 0.25) is 0 Å². The van der Waals surface area contributed by atoms with Gasteiger partial charge in [-0.05, 0) is 55.0 Å². The van der Waals surface area contributed by atoms with Crippen LogP contribution in [-0.4, -0.2) is 75.3 Å². The maximum absolute atomic E-state index is 13.9. The number of aromatic nitrogens is 4. The van der Waals surface area contributed by atoms with E-state index in [2.05, 4.69) is 20.7 Å². The molecule has 0 saturated heterocycles. The molecule has 0 unspecified atom stereocenters. The van der Waals surface area contributed by atoms with E-state index in [4.69, 9.17) is 9.47 Å². The molecular weight excluding hydrogens is 590 g/mol. The largest absolute Gasteiger partial charge is 0.493 e. The van der Waals surface area contributed by atoms with Gasteiger partial charge in [0.2, 0.25) is 5.91 Å². The fraction of sp³-hybridized carbons (Fsp3) is 0.394. The van der Waals surface area contributed by atoms with Crippen molar-refractivity contribution in [3.63, 3.8) is 0 Å². The Morgan fingerprint density at radius 3 is 2.63 bits per heavy atom. The van der Waals surface area contributed by atoms with Crippen LogP contribution in [0.5, 0.6) is 11.5 Å². The molecule has 0 spiro atoms. The van der Waals surface area contributed by atoms with Crippen LogP contribution in [-0.2, 0) is 18.4 Å². The number of aryl methyl sites for hydroxylation is 2. The maximum atomic E-state index is 13.9. The Morgan fingerprint density at radius 2 is 1.87 bits per heavy atom.